The average molecular weight is 310 g/mol. The minimum absolute atomic E-state index is 0.154. The normalized spacial score (nSPS) is 11.7. The number of aliphatic hydroxyl groups is 1. The molecule has 0 unspecified atom stereocenters. The molecule has 0 saturated heterocycles. The largest absolute Gasteiger partial charge is 0.392 e. The van der Waals surface area contributed by atoms with Crippen LogP contribution in [-0.2, 0) is 29.5 Å². The minimum Gasteiger partial charge on any atom is -0.392 e. The first kappa shape index (κ1) is 15.6. The van der Waals surface area contributed by atoms with Gasteiger partial charge in [-0.25, -0.2) is 18.1 Å². The summed E-state index contributed by atoms with van der Waals surface area (Å²) in [6.45, 7) is 2.00. The van der Waals surface area contributed by atoms with Crippen LogP contribution in [0.25, 0.3) is 0 Å². The number of aromatic amines is 1. The van der Waals surface area contributed by atoms with Gasteiger partial charge in [0.1, 0.15) is 12.2 Å². The van der Waals surface area contributed by atoms with Crippen LogP contribution < -0.4 is 4.72 Å². The van der Waals surface area contributed by atoms with E-state index in [-0.39, 0.29) is 18.0 Å². The summed E-state index contributed by atoms with van der Waals surface area (Å²) in [5, 5.41) is 15.7. The highest BCUT2D eigenvalue weighted by atomic mass is 32.2. The topological polar surface area (TPSA) is 108 Å². The predicted molar refractivity (Wildman–Crippen MR) is 77.0 cm³/mol. The second-order valence-electron chi connectivity index (χ2n) is 4.52. The Morgan fingerprint density at radius 1 is 1.33 bits per heavy atom. The Balaban J connectivity index is 2.08. The average Bonchev–Trinajstić information content (AvgIpc) is 2.99. The number of nitrogens with zero attached hydrogens (tertiary/aromatic N) is 2. The number of hydrogen-bond acceptors (Lipinski definition) is 5. The molecule has 0 amide bonds. The summed E-state index contributed by atoms with van der Waals surface area (Å²) in [6.07, 6.45) is 2.55. The Morgan fingerprint density at radius 3 is 2.76 bits per heavy atom. The summed E-state index contributed by atoms with van der Waals surface area (Å²) in [5.74, 6) is 0.620. The van der Waals surface area contributed by atoms with Gasteiger partial charge >= 0.3 is 0 Å². The van der Waals surface area contributed by atoms with E-state index in [0.29, 0.717) is 17.8 Å². The van der Waals surface area contributed by atoms with Gasteiger partial charge in [0.15, 0.2) is 0 Å². The van der Waals surface area contributed by atoms with Crippen LogP contribution in [0.3, 0.4) is 0 Å². The van der Waals surface area contributed by atoms with Crippen LogP contribution in [0.1, 0.15) is 23.9 Å². The van der Waals surface area contributed by atoms with Gasteiger partial charge in [-0.2, -0.15) is 5.10 Å². The van der Waals surface area contributed by atoms with Crippen LogP contribution >= 0.6 is 0 Å². The van der Waals surface area contributed by atoms with Gasteiger partial charge < -0.3 is 5.11 Å². The number of rotatable bonds is 7. The first-order chi connectivity index (χ1) is 10.1. The lowest BCUT2D eigenvalue weighted by Gasteiger charge is -2.10. The Hall–Kier alpha value is -1.77. The molecule has 8 heteroatoms. The monoisotopic (exact) mass is 310 g/mol. The molecule has 1 aromatic carbocycles. The minimum atomic E-state index is -3.59. The number of benzene rings is 1. The van der Waals surface area contributed by atoms with Crippen LogP contribution in [0.2, 0.25) is 0 Å². The number of aromatic nitrogens is 3. The number of aliphatic hydroxyl groups excluding tert-OH is 1. The number of nitrogens with one attached hydrogen (secondary N) is 2. The van der Waals surface area contributed by atoms with E-state index < -0.39 is 10.0 Å². The third kappa shape index (κ3) is 3.87. The molecule has 0 aliphatic heterocycles. The van der Waals surface area contributed by atoms with Crippen LogP contribution in [-0.4, -0.2) is 35.3 Å². The number of H-pyrrole nitrogens is 1. The van der Waals surface area contributed by atoms with Crippen molar-refractivity contribution in [2.24, 2.45) is 0 Å². The van der Waals surface area contributed by atoms with Crippen LogP contribution in [0.4, 0.5) is 0 Å². The van der Waals surface area contributed by atoms with E-state index in [0.717, 1.165) is 12.0 Å². The van der Waals surface area contributed by atoms with Crippen molar-refractivity contribution in [3.05, 3.63) is 41.5 Å². The molecule has 114 valence electrons. The van der Waals surface area contributed by atoms with E-state index in [1.807, 2.05) is 6.92 Å². The molecule has 7 nitrogen and oxygen atoms in total. The summed E-state index contributed by atoms with van der Waals surface area (Å²) in [6, 6.07) is 4.79. The molecule has 2 aromatic rings. The molecule has 0 spiro atoms. The van der Waals surface area contributed by atoms with Gasteiger partial charge in [0.25, 0.3) is 0 Å². The van der Waals surface area contributed by atoms with Gasteiger partial charge in [-0.1, -0.05) is 13.0 Å². The maximum Gasteiger partial charge on any atom is 0.240 e. The highest BCUT2D eigenvalue weighted by Gasteiger charge is 2.15. The van der Waals surface area contributed by atoms with Gasteiger partial charge in [0.05, 0.1) is 11.5 Å². The van der Waals surface area contributed by atoms with E-state index in [1.54, 1.807) is 12.1 Å². The standard InChI is InChI=1S/C13H18N4O3S/c1-2-10-3-4-12(7-11(10)8-18)21(19,20)16-6-5-13-14-9-15-17-13/h3-4,7,9,16,18H,2,5-6,8H2,1H3,(H,14,15,17). The van der Waals surface area contributed by atoms with Gasteiger partial charge in [-0.05, 0) is 29.7 Å². The molecule has 21 heavy (non-hydrogen) atoms. The number of hydrogen-bond donors (Lipinski definition) is 3. The smallest absolute Gasteiger partial charge is 0.240 e. The summed E-state index contributed by atoms with van der Waals surface area (Å²) in [4.78, 5) is 4.08. The van der Waals surface area contributed by atoms with Crippen molar-refractivity contribution >= 4 is 10.0 Å². The van der Waals surface area contributed by atoms with Crippen molar-refractivity contribution in [3.63, 3.8) is 0 Å². The van der Waals surface area contributed by atoms with Crippen molar-refractivity contribution < 1.29 is 13.5 Å². The van der Waals surface area contributed by atoms with E-state index in [9.17, 15) is 13.5 Å². The maximum atomic E-state index is 12.2. The molecule has 0 bridgehead atoms. The first-order valence-electron chi connectivity index (χ1n) is 6.63. The fraction of sp³-hybridized carbons (Fsp3) is 0.385. The van der Waals surface area contributed by atoms with Crippen molar-refractivity contribution in [1.29, 1.82) is 0 Å². The highest BCUT2D eigenvalue weighted by molar-refractivity contribution is 7.89. The maximum absolute atomic E-state index is 12.2. The van der Waals surface area contributed by atoms with Crippen molar-refractivity contribution in [2.75, 3.05) is 6.54 Å². The first-order valence-corrected chi connectivity index (χ1v) is 8.11. The molecule has 3 N–H and O–H groups in total. The van der Waals surface area contributed by atoms with E-state index >= 15 is 0 Å². The van der Waals surface area contributed by atoms with Gasteiger partial charge in [0, 0.05) is 13.0 Å². The SMILES string of the molecule is CCc1ccc(S(=O)(=O)NCCc2ncn[nH]2)cc1CO. The van der Waals surface area contributed by atoms with Gasteiger partial charge in [-0.15, -0.1) is 0 Å². The molecule has 0 aliphatic carbocycles. The predicted octanol–water partition coefficient (Wildman–Crippen LogP) is 0.380. The van der Waals surface area contributed by atoms with Crippen LogP contribution in [0.5, 0.6) is 0 Å². The lowest BCUT2D eigenvalue weighted by molar-refractivity contribution is 0.280. The molecule has 0 radical (unpaired) electrons. The molecule has 2 rings (SSSR count). The second kappa shape index (κ2) is 6.79. The second-order valence-corrected chi connectivity index (χ2v) is 6.29. The van der Waals surface area contributed by atoms with Crippen LogP contribution in [0.15, 0.2) is 29.4 Å². The van der Waals surface area contributed by atoms with Gasteiger partial charge in [-0.3, -0.25) is 5.10 Å². The summed E-state index contributed by atoms with van der Waals surface area (Å²) >= 11 is 0. The lowest BCUT2D eigenvalue weighted by atomic mass is 10.1. The molecule has 0 aliphatic rings. The Bertz CT molecular complexity index is 683. The molecule has 0 atom stereocenters. The fourth-order valence-electron chi connectivity index (χ4n) is 2.00. The zero-order valence-corrected chi connectivity index (χ0v) is 12.5. The van der Waals surface area contributed by atoms with Crippen LogP contribution in [0, 0.1) is 0 Å². The van der Waals surface area contributed by atoms with E-state index in [2.05, 4.69) is 19.9 Å². The molecule has 1 heterocycles. The van der Waals surface area contributed by atoms with Gasteiger partial charge in [0.2, 0.25) is 10.0 Å². The van der Waals surface area contributed by atoms with E-state index in [1.165, 1.54) is 12.4 Å². The van der Waals surface area contributed by atoms with E-state index in [4.69, 9.17) is 0 Å². The Labute approximate surface area is 123 Å². The summed E-state index contributed by atoms with van der Waals surface area (Å²) in [5.41, 5.74) is 1.58. The highest BCUT2D eigenvalue weighted by Crippen LogP contribution is 2.16. The molecule has 0 saturated carbocycles. The van der Waals surface area contributed by atoms with Crippen molar-refractivity contribution in [2.45, 2.75) is 31.3 Å². The van der Waals surface area contributed by atoms with Crippen molar-refractivity contribution in [1.82, 2.24) is 19.9 Å². The number of aryl methyl sites for hydroxylation is 1. The number of sulfonamides is 1. The summed E-state index contributed by atoms with van der Waals surface area (Å²) < 4.78 is 26.9. The Morgan fingerprint density at radius 2 is 2.14 bits per heavy atom. The molecular formula is C13H18N4O3S. The quantitative estimate of drug-likeness (QED) is 0.685. The lowest BCUT2D eigenvalue weighted by Crippen LogP contribution is -2.26. The zero-order valence-electron chi connectivity index (χ0n) is 11.7. The zero-order chi connectivity index (χ0) is 15.3. The Kier molecular flexibility index (Phi) is 5.05. The fourth-order valence-corrected chi connectivity index (χ4v) is 3.08. The molecule has 0 fully saturated rings. The molecular weight excluding hydrogens is 292 g/mol. The third-order valence-electron chi connectivity index (χ3n) is 3.16. The third-order valence-corrected chi connectivity index (χ3v) is 4.62. The van der Waals surface area contributed by atoms with Crippen molar-refractivity contribution in [3.8, 4) is 0 Å². The molecule has 1 aromatic heterocycles. The summed E-state index contributed by atoms with van der Waals surface area (Å²) in [7, 11) is -3.59.